The lowest BCUT2D eigenvalue weighted by Crippen LogP contribution is -2.26. The van der Waals surface area contributed by atoms with Gasteiger partial charge in [-0.3, -0.25) is 0 Å². The van der Waals surface area contributed by atoms with E-state index in [-0.39, 0.29) is 5.83 Å². The zero-order valence-corrected chi connectivity index (χ0v) is 13.5. The van der Waals surface area contributed by atoms with E-state index in [0.29, 0.717) is 12.0 Å². The maximum absolute atomic E-state index is 14.3. The van der Waals surface area contributed by atoms with Crippen LogP contribution in [0.5, 0.6) is 0 Å². The van der Waals surface area contributed by atoms with Gasteiger partial charge in [-0.1, -0.05) is 26.8 Å². The first-order valence-electron chi connectivity index (χ1n) is 7.68. The molecule has 0 atom stereocenters. The topological polar surface area (TPSA) is 23.5 Å². The van der Waals surface area contributed by atoms with Crippen LogP contribution in [0.15, 0.2) is 35.4 Å². The van der Waals surface area contributed by atoms with Crippen LogP contribution in [0.1, 0.15) is 53.4 Å². The van der Waals surface area contributed by atoms with Gasteiger partial charge in [0.25, 0.3) is 0 Å². The van der Waals surface area contributed by atoms with Crippen LogP contribution in [0, 0.1) is 0 Å². The second-order valence-electron chi connectivity index (χ2n) is 5.07. The van der Waals surface area contributed by atoms with Crippen LogP contribution in [0.4, 0.5) is 4.39 Å². The summed E-state index contributed by atoms with van der Waals surface area (Å²) in [6.07, 6.45) is 7.68. The molecular weight excluding hydrogens is 253 g/mol. The Morgan fingerprint density at radius 2 is 1.70 bits per heavy atom. The van der Waals surface area contributed by atoms with Crippen molar-refractivity contribution in [2.75, 3.05) is 19.6 Å². The molecule has 0 aromatic carbocycles. The van der Waals surface area contributed by atoms with Crippen molar-refractivity contribution in [3.05, 3.63) is 35.4 Å². The van der Waals surface area contributed by atoms with Crippen LogP contribution in [0.3, 0.4) is 0 Å². The van der Waals surface area contributed by atoms with Gasteiger partial charge in [0.2, 0.25) is 0 Å². The molecule has 116 valence electrons. The Labute approximate surface area is 123 Å². The standard InChI is InChI=1S/C17H30FNO/c1-5-11-19(12-6-2)13-10-15(4)17(18)16(7-3)9-8-14-20/h8-9,14,20H,5-7,10-13H2,1-4H3/b14-8+,16-9-,17-15+. The first-order chi connectivity index (χ1) is 9.60. The van der Waals surface area contributed by atoms with Gasteiger partial charge in [0.15, 0.2) is 0 Å². The van der Waals surface area contributed by atoms with Crippen molar-refractivity contribution in [1.29, 1.82) is 0 Å². The second kappa shape index (κ2) is 11.7. The molecule has 0 fully saturated rings. The van der Waals surface area contributed by atoms with Crippen LogP contribution >= 0.6 is 0 Å². The smallest absolute Gasteiger partial charge is 0.125 e. The molecule has 0 spiro atoms. The fourth-order valence-electron chi connectivity index (χ4n) is 2.18. The van der Waals surface area contributed by atoms with Crippen molar-refractivity contribution < 1.29 is 9.50 Å². The lowest BCUT2D eigenvalue weighted by Gasteiger charge is -2.21. The van der Waals surface area contributed by atoms with Gasteiger partial charge in [-0.25, -0.2) is 4.39 Å². The Morgan fingerprint density at radius 3 is 2.15 bits per heavy atom. The first-order valence-corrected chi connectivity index (χ1v) is 7.68. The van der Waals surface area contributed by atoms with Gasteiger partial charge >= 0.3 is 0 Å². The van der Waals surface area contributed by atoms with E-state index in [4.69, 9.17) is 5.11 Å². The maximum atomic E-state index is 14.3. The summed E-state index contributed by atoms with van der Waals surface area (Å²) in [4.78, 5) is 2.39. The van der Waals surface area contributed by atoms with Crippen LogP contribution in [-0.4, -0.2) is 29.6 Å². The van der Waals surface area contributed by atoms with Crippen LogP contribution in [-0.2, 0) is 0 Å². The number of rotatable bonds is 10. The average Bonchev–Trinajstić information content (AvgIpc) is 2.45. The van der Waals surface area contributed by atoms with Crippen LogP contribution in [0.2, 0.25) is 0 Å². The SMILES string of the molecule is CCCN(CCC)CC\C(C)=C(F)/C(=C\C=C\O)CC. The summed E-state index contributed by atoms with van der Waals surface area (Å²) < 4.78 is 14.3. The predicted octanol–water partition coefficient (Wildman–Crippen LogP) is 5.15. The van der Waals surface area contributed by atoms with Gasteiger partial charge < -0.3 is 10.0 Å². The third-order valence-corrected chi connectivity index (χ3v) is 3.30. The minimum absolute atomic E-state index is 0.126. The lowest BCUT2D eigenvalue weighted by atomic mass is 10.1. The highest BCUT2D eigenvalue weighted by molar-refractivity contribution is 5.31. The third-order valence-electron chi connectivity index (χ3n) is 3.30. The lowest BCUT2D eigenvalue weighted by molar-refractivity contribution is 0.277. The molecule has 0 heterocycles. The number of aliphatic hydroxyl groups excluding tert-OH is 1. The summed E-state index contributed by atoms with van der Waals surface area (Å²) >= 11 is 0. The van der Waals surface area contributed by atoms with Crippen molar-refractivity contribution in [1.82, 2.24) is 4.90 Å². The van der Waals surface area contributed by atoms with Crippen molar-refractivity contribution in [3.8, 4) is 0 Å². The molecule has 0 aromatic heterocycles. The van der Waals surface area contributed by atoms with Crippen molar-refractivity contribution in [2.45, 2.75) is 53.4 Å². The van der Waals surface area contributed by atoms with Gasteiger partial charge in [-0.15, -0.1) is 0 Å². The minimum Gasteiger partial charge on any atom is -0.516 e. The number of hydrogen-bond acceptors (Lipinski definition) is 2. The highest BCUT2D eigenvalue weighted by Crippen LogP contribution is 2.21. The number of aliphatic hydroxyl groups is 1. The van der Waals surface area contributed by atoms with Gasteiger partial charge in [0.1, 0.15) is 5.83 Å². The average molecular weight is 283 g/mol. The third kappa shape index (κ3) is 7.49. The molecule has 0 saturated heterocycles. The molecule has 0 unspecified atom stereocenters. The monoisotopic (exact) mass is 283 g/mol. The summed E-state index contributed by atoms with van der Waals surface area (Å²) in [6.45, 7) is 11.2. The molecule has 2 nitrogen and oxygen atoms in total. The molecule has 1 N–H and O–H groups in total. The van der Waals surface area contributed by atoms with Gasteiger partial charge in [0.05, 0.1) is 6.26 Å². The molecule has 0 aliphatic heterocycles. The van der Waals surface area contributed by atoms with E-state index in [1.165, 1.54) is 6.08 Å². The van der Waals surface area contributed by atoms with Crippen molar-refractivity contribution in [2.24, 2.45) is 0 Å². The highest BCUT2D eigenvalue weighted by atomic mass is 19.1. The Bertz CT molecular complexity index is 339. The van der Waals surface area contributed by atoms with E-state index in [1.807, 2.05) is 13.8 Å². The molecule has 0 aliphatic rings. The molecule has 20 heavy (non-hydrogen) atoms. The van der Waals surface area contributed by atoms with E-state index >= 15 is 0 Å². The molecule has 0 radical (unpaired) electrons. The molecule has 0 rings (SSSR count). The minimum atomic E-state index is -0.126. The summed E-state index contributed by atoms with van der Waals surface area (Å²) in [7, 11) is 0. The van der Waals surface area contributed by atoms with E-state index in [1.54, 1.807) is 6.08 Å². The molecule has 0 aliphatic carbocycles. The summed E-state index contributed by atoms with van der Waals surface area (Å²) in [5.41, 5.74) is 1.44. The van der Waals surface area contributed by atoms with E-state index < -0.39 is 0 Å². The Balaban J connectivity index is 4.67. The van der Waals surface area contributed by atoms with Gasteiger partial charge in [-0.05, 0) is 62.9 Å². The quantitative estimate of drug-likeness (QED) is 0.443. The van der Waals surface area contributed by atoms with Gasteiger partial charge in [0, 0.05) is 6.54 Å². The van der Waals surface area contributed by atoms with E-state index in [2.05, 4.69) is 18.7 Å². The number of allylic oxidation sites excluding steroid dienone is 4. The molecular formula is C17H30FNO. The largest absolute Gasteiger partial charge is 0.516 e. The summed E-state index contributed by atoms with van der Waals surface area (Å²) in [5, 5.41) is 8.65. The zero-order valence-electron chi connectivity index (χ0n) is 13.5. The molecule has 3 heteroatoms. The molecule has 0 amide bonds. The Hall–Kier alpha value is -1.09. The summed E-state index contributed by atoms with van der Waals surface area (Å²) in [5.74, 6) is -0.126. The number of hydrogen-bond donors (Lipinski definition) is 1. The fourth-order valence-corrected chi connectivity index (χ4v) is 2.18. The van der Waals surface area contributed by atoms with Gasteiger partial charge in [-0.2, -0.15) is 0 Å². The van der Waals surface area contributed by atoms with Crippen molar-refractivity contribution >= 4 is 0 Å². The number of nitrogens with zero attached hydrogens (tertiary/aromatic N) is 1. The molecule has 0 bridgehead atoms. The second-order valence-corrected chi connectivity index (χ2v) is 5.07. The predicted molar refractivity (Wildman–Crippen MR) is 85.6 cm³/mol. The fraction of sp³-hybridized carbons (Fsp3) is 0.647. The first kappa shape index (κ1) is 18.9. The molecule has 0 aromatic rings. The Kier molecular flexibility index (Phi) is 11.1. The van der Waals surface area contributed by atoms with Crippen molar-refractivity contribution in [3.63, 3.8) is 0 Å². The molecule has 0 saturated carbocycles. The Morgan fingerprint density at radius 1 is 1.10 bits per heavy atom. The van der Waals surface area contributed by atoms with E-state index in [0.717, 1.165) is 50.7 Å². The van der Waals surface area contributed by atoms with E-state index in [9.17, 15) is 4.39 Å². The maximum Gasteiger partial charge on any atom is 0.125 e. The van der Waals surface area contributed by atoms with Crippen LogP contribution in [0.25, 0.3) is 0 Å². The highest BCUT2D eigenvalue weighted by Gasteiger charge is 2.08. The summed E-state index contributed by atoms with van der Waals surface area (Å²) in [6, 6.07) is 0. The van der Waals surface area contributed by atoms with Crippen LogP contribution < -0.4 is 0 Å². The zero-order chi connectivity index (χ0) is 15.4. The number of halogens is 1. The normalized spacial score (nSPS) is 14.2.